The number of ether oxygens (including phenoxy) is 1. The highest BCUT2D eigenvalue weighted by Crippen LogP contribution is 2.13. The molecule has 164 valence electrons. The monoisotopic (exact) mass is 427 g/mol. The van der Waals surface area contributed by atoms with Crippen LogP contribution in [0.2, 0.25) is 0 Å². The molecule has 1 unspecified atom stereocenters. The molecule has 1 fully saturated rings. The van der Waals surface area contributed by atoms with Crippen molar-refractivity contribution in [2.24, 2.45) is 0 Å². The van der Waals surface area contributed by atoms with Crippen molar-refractivity contribution in [1.82, 2.24) is 15.1 Å². The molecule has 7 nitrogen and oxygen atoms in total. The Kier molecular flexibility index (Phi) is 7.59. The van der Waals surface area contributed by atoms with Gasteiger partial charge in [-0.15, -0.1) is 0 Å². The van der Waals surface area contributed by atoms with E-state index in [1.807, 2.05) is 30.3 Å². The normalized spacial score (nSPS) is 15.0. The lowest BCUT2D eigenvalue weighted by Gasteiger charge is -2.27. The molecule has 31 heavy (non-hydrogen) atoms. The zero-order valence-corrected chi connectivity index (χ0v) is 17.4. The van der Waals surface area contributed by atoms with E-state index in [-0.39, 0.29) is 11.8 Å². The fourth-order valence-electron chi connectivity index (χ4n) is 3.59. The molecule has 1 aliphatic heterocycles. The Labute approximate surface area is 180 Å². The fourth-order valence-corrected chi connectivity index (χ4v) is 3.59. The van der Waals surface area contributed by atoms with Gasteiger partial charge in [0.25, 0.3) is 5.91 Å². The van der Waals surface area contributed by atoms with Crippen molar-refractivity contribution in [3.8, 4) is 0 Å². The summed E-state index contributed by atoms with van der Waals surface area (Å²) in [4.78, 5) is 41.1. The summed E-state index contributed by atoms with van der Waals surface area (Å²) < 4.78 is 17.8. The molecule has 1 aliphatic rings. The molecule has 1 atom stereocenters. The molecule has 0 radical (unpaired) electrons. The van der Waals surface area contributed by atoms with Crippen LogP contribution >= 0.6 is 0 Å². The Balaban J connectivity index is 1.67. The van der Waals surface area contributed by atoms with Gasteiger partial charge in [0, 0.05) is 38.2 Å². The van der Waals surface area contributed by atoms with Crippen LogP contribution in [0.15, 0.2) is 54.6 Å². The summed E-state index contributed by atoms with van der Waals surface area (Å²) >= 11 is 0. The zero-order chi connectivity index (χ0) is 22.2. The first-order valence-corrected chi connectivity index (χ1v) is 10.2. The smallest absolute Gasteiger partial charge is 0.407 e. The number of hydrogen-bond donors (Lipinski definition) is 1. The number of halogens is 1. The van der Waals surface area contributed by atoms with Crippen LogP contribution in [0.5, 0.6) is 0 Å². The number of hydrogen-bond acceptors (Lipinski definition) is 4. The Morgan fingerprint density at radius 2 is 1.61 bits per heavy atom. The average Bonchev–Trinajstić information content (AvgIpc) is 3.05. The van der Waals surface area contributed by atoms with Crippen LogP contribution < -0.4 is 5.32 Å². The average molecular weight is 427 g/mol. The topological polar surface area (TPSA) is 79.0 Å². The van der Waals surface area contributed by atoms with Gasteiger partial charge in [0.1, 0.15) is 11.9 Å². The summed E-state index contributed by atoms with van der Waals surface area (Å²) in [5.41, 5.74) is 1.33. The molecule has 8 heteroatoms. The van der Waals surface area contributed by atoms with E-state index in [0.717, 1.165) is 5.56 Å². The number of amides is 3. The van der Waals surface area contributed by atoms with Crippen molar-refractivity contribution < 1.29 is 23.5 Å². The Bertz CT molecular complexity index is 905. The molecule has 1 heterocycles. The van der Waals surface area contributed by atoms with Crippen LogP contribution in [0.4, 0.5) is 9.18 Å². The van der Waals surface area contributed by atoms with E-state index in [1.165, 1.54) is 31.4 Å². The third-order valence-electron chi connectivity index (χ3n) is 5.24. The summed E-state index contributed by atoms with van der Waals surface area (Å²) in [6, 6.07) is 14.1. The molecule has 3 rings (SSSR count). The van der Waals surface area contributed by atoms with Gasteiger partial charge in [-0.3, -0.25) is 9.59 Å². The molecule has 0 aromatic heterocycles. The third-order valence-corrected chi connectivity index (χ3v) is 5.24. The van der Waals surface area contributed by atoms with Crippen molar-refractivity contribution in [1.29, 1.82) is 0 Å². The molecule has 1 saturated heterocycles. The van der Waals surface area contributed by atoms with Gasteiger partial charge in [0.15, 0.2) is 0 Å². The highest BCUT2D eigenvalue weighted by atomic mass is 19.1. The lowest BCUT2D eigenvalue weighted by Crippen LogP contribution is -2.50. The van der Waals surface area contributed by atoms with E-state index in [9.17, 15) is 18.8 Å². The lowest BCUT2D eigenvalue weighted by molar-refractivity contribution is -0.133. The second-order valence-corrected chi connectivity index (χ2v) is 7.36. The standard InChI is InChI=1S/C23H26FN3O4/c1-31-23(30)25-20(16-17-6-3-2-4-7-17)22(29)27-13-5-12-26(14-15-27)21(28)18-8-10-19(24)11-9-18/h2-4,6-11,20H,5,12-16H2,1H3,(H,25,30). The van der Waals surface area contributed by atoms with Crippen LogP contribution in [0.1, 0.15) is 22.3 Å². The van der Waals surface area contributed by atoms with E-state index in [2.05, 4.69) is 10.1 Å². The molecule has 1 N–H and O–H groups in total. The maximum atomic E-state index is 13.2. The second kappa shape index (κ2) is 10.6. The SMILES string of the molecule is COC(=O)NC(Cc1ccccc1)C(=O)N1CCCN(C(=O)c2ccc(F)cc2)CC1. The molecule has 2 aromatic carbocycles. The minimum absolute atomic E-state index is 0.192. The first-order chi connectivity index (χ1) is 15.0. The van der Waals surface area contributed by atoms with Gasteiger partial charge in [0.05, 0.1) is 7.11 Å². The van der Waals surface area contributed by atoms with Crippen molar-refractivity contribution in [2.75, 3.05) is 33.3 Å². The third kappa shape index (κ3) is 6.04. The molecule has 0 spiro atoms. The van der Waals surface area contributed by atoms with E-state index in [0.29, 0.717) is 44.6 Å². The maximum Gasteiger partial charge on any atom is 0.407 e. The number of alkyl carbamates (subject to hydrolysis) is 1. The van der Waals surface area contributed by atoms with Crippen LogP contribution in [-0.4, -0.2) is 67.0 Å². The first-order valence-electron chi connectivity index (χ1n) is 10.2. The molecule has 0 saturated carbocycles. The number of carbonyl (C=O) groups is 3. The van der Waals surface area contributed by atoms with Gasteiger partial charge in [-0.2, -0.15) is 0 Å². The highest BCUT2D eigenvalue weighted by molar-refractivity contribution is 5.94. The van der Waals surface area contributed by atoms with E-state index in [4.69, 9.17) is 0 Å². The Morgan fingerprint density at radius 3 is 2.29 bits per heavy atom. The maximum absolute atomic E-state index is 13.2. The van der Waals surface area contributed by atoms with Gasteiger partial charge < -0.3 is 19.9 Å². The van der Waals surface area contributed by atoms with Crippen molar-refractivity contribution in [3.05, 3.63) is 71.5 Å². The van der Waals surface area contributed by atoms with E-state index in [1.54, 1.807) is 9.80 Å². The Morgan fingerprint density at radius 1 is 0.968 bits per heavy atom. The lowest BCUT2D eigenvalue weighted by atomic mass is 10.0. The molecule has 0 bridgehead atoms. The zero-order valence-electron chi connectivity index (χ0n) is 17.4. The van der Waals surface area contributed by atoms with Crippen LogP contribution in [0.25, 0.3) is 0 Å². The van der Waals surface area contributed by atoms with Gasteiger partial charge >= 0.3 is 6.09 Å². The second-order valence-electron chi connectivity index (χ2n) is 7.36. The van der Waals surface area contributed by atoms with Crippen LogP contribution in [0, 0.1) is 5.82 Å². The first kappa shape index (κ1) is 22.3. The molecule has 3 amide bonds. The Hall–Kier alpha value is -3.42. The number of benzene rings is 2. The summed E-state index contributed by atoms with van der Waals surface area (Å²) in [6.45, 7) is 1.67. The van der Waals surface area contributed by atoms with Crippen molar-refractivity contribution in [2.45, 2.75) is 18.9 Å². The minimum Gasteiger partial charge on any atom is -0.453 e. The number of nitrogens with one attached hydrogen (secondary N) is 1. The highest BCUT2D eigenvalue weighted by Gasteiger charge is 2.29. The molecule has 0 aliphatic carbocycles. The summed E-state index contributed by atoms with van der Waals surface area (Å²) in [7, 11) is 1.25. The van der Waals surface area contributed by atoms with E-state index < -0.39 is 18.0 Å². The van der Waals surface area contributed by atoms with Crippen LogP contribution in [0.3, 0.4) is 0 Å². The molecular formula is C23H26FN3O4. The fraction of sp³-hybridized carbons (Fsp3) is 0.348. The van der Waals surface area contributed by atoms with Gasteiger partial charge in [-0.1, -0.05) is 30.3 Å². The predicted octanol–water partition coefficient (Wildman–Crippen LogP) is 2.47. The minimum atomic E-state index is -0.769. The van der Waals surface area contributed by atoms with Gasteiger partial charge in [0.2, 0.25) is 5.91 Å². The molecule has 2 aromatic rings. The summed E-state index contributed by atoms with van der Waals surface area (Å²) in [5, 5.41) is 2.63. The van der Waals surface area contributed by atoms with E-state index >= 15 is 0 Å². The summed E-state index contributed by atoms with van der Waals surface area (Å²) in [5.74, 6) is -0.806. The van der Waals surface area contributed by atoms with Crippen molar-refractivity contribution >= 4 is 17.9 Å². The summed E-state index contributed by atoms with van der Waals surface area (Å²) in [6.07, 6.45) is 0.274. The van der Waals surface area contributed by atoms with Crippen LogP contribution in [-0.2, 0) is 16.0 Å². The molecular weight excluding hydrogens is 401 g/mol. The van der Waals surface area contributed by atoms with Gasteiger partial charge in [-0.25, -0.2) is 9.18 Å². The van der Waals surface area contributed by atoms with Crippen molar-refractivity contribution in [3.63, 3.8) is 0 Å². The predicted molar refractivity (Wildman–Crippen MR) is 113 cm³/mol. The number of methoxy groups -OCH3 is 1. The largest absolute Gasteiger partial charge is 0.453 e. The number of nitrogens with zero attached hydrogens (tertiary/aromatic N) is 2. The quantitative estimate of drug-likeness (QED) is 0.795. The number of carbonyl (C=O) groups excluding carboxylic acids is 3. The van der Waals surface area contributed by atoms with Gasteiger partial charge in [-0.05, 0) is 36.2 Å². The number of rotatable bonds is 5.